The van der Waals surface area contributed by atoms with Crippen molar-refractivity contribution < 1.29 is 24.5 Å². The van der Waals surface area contributed by atoms with Crippen LogP contribution in [0, 0.1) is 0 Å². The molecule has 0 saturated carbocycles. The SMILES string of the molecule is CCCOCC(=O)NCCC(O)C(=O)O. The van der Waals surface area contributed by atoms with Gasteiger partial charge in [0.25, 0.3) is 0 Å². The highest BCUT2D eigenvalue weighted by Gasteiger charge is 2.12. The van der Waals surface area contributed by atoms with Crippen LogP contribution < -0.4 is 5.32 Å². The van der Waals surface area contributed by atoms with Gasteiger partial charge in [-0.05, 0) is 6.42 Å². The molecule has 1 atom stereocenters. The lowest BCUT2D eigenvalue weighted by molar-refractivity contribution is -0.147. The Kier molecular flexibility index (Phi) is 7.57. The summed E-state index contributed by atoms with van der Waals surface area (Å²) in [5.41, 5.74) is 0. The molecule has 0 saturated heterocycles. The van der Waals surface area contributed by atoms with E-state index in [1.165, 1.54) is 0 Å². The molecule has 6 nitrogen and oxygen atoms in total. The van der Waals surface area contributed by atoms with Crippen molar-refractivity contribution in [3.63, 3.8) is 0 Å². The van der Waals surface area contributed by atoms with Crippen molar-refractivity contribution in [3.05, 3.63) is 0 Å². The molecule has 0 aliphatic carbocycles. The van der Waals surface area contributed by atoms with Crippen LogP contribution in [0.25, 0.3) is 0 Å². The number of aliphatic hydroxyl groups is 1. The van der Waals surface area contributed by atoms with Gasteiger partial charge in [-0.1, -0.05) is 6.92 Å². The van der Waals surface area contributed by atoms with Crippen LogP contribution in [0.2, 0.25) is 0 Å². The highest BCUT2D eigenvalue weighted by molar-refractivity contribution is 5.77. The van der Waals surface area contributed by atoms with Crippen molar-refractivity contribution in [3.8, 4) is 0 Å². The molecule has 0 bridgehead atoms. The van der Waals surface area contributed by atoms with Crippen LogP contribution in [0.4, 0.5) is 0 Å². The third kappa shape index (κ3) is 7.90. The number of carboxylic acid groups (broad SMARTS) is 1. The summed E-state index contributed by atoms with van der Waals surface area (Å²) in [6.45, 7) is 2.55. The number of hydrogen-bond acceptors (Lipinski definition) is 4. The number of nitrogens with one attached hydrogen (secondary N) is 1. The van der Waals surface area contributed by atoms with Gasteiger partial charge < -0.3 is 20.3 Å². The van der Waals surface area contributed by atoms with Gasteiger partial charge in [0.05, 0.1) is 0 Å². The number of carboxylic acids is 1. The molecule has 0 rings (SSSR count). The first-order chi connectivity index (χ1) is 7.07. The van der Waals surface area contributed by atoms with Gasteiger partial charge in [-0.15, -0.1) is 0 Å². The van der Waals surface area contributed by atoms with Gasteiger partial charge in [0.1, 0.15) is 6.61 Å². The second kappa shape index (κ2) is 8.19. The molecule has 0 spiro atoms. The van der Waals surface area contributed by atoms with Crippen LogP contribution in [0.3, 0.4) is 0 Å². The molecule has 0 aromatic carbocycles. The number of ether oxygens (including phenoxy) is 1. The minimum atomic E-state index is -1.43. The molecule has 0 radical (unpaired) electrons. The summed E-state index contributed by atoms with van der Waals surface area (Å²) in [5.74, 6) is -1.59. The Balaban J connectivity index is 3.42. The summed E-state index contributed by atoms with van der Waals surface area (Å²) in [5, 5.41) is 19.6. The first-order valence-electron chi connectivity index (χ1n) is 4.83. The van der Waals surface area contributed by atoms with E-state index in [4.69, 9.17) is 14.9 Å². The highest BCUT2D eigenvalue weighted by Crippen LogP contribution is 1.89. The van der Waals surface area contributed by atoms with Crippen molar-refractivity contribution in [2.24, 2.45) is 0 Å². The molecule has 88 valence electrons. The van der Waals surface area contributed by atoms with Gasteiger partial charge in [0, 0.05) is 19.6 Å². The number of aliphatic carboxylic acids is 1. The zero-order valence-corrected chi connectivity index (χ0v) is 8.73. The van der Waals surface area contributed by atoms with Gasteiger partial charge in [-0.3, -0.25) is 4.79 Å². The standard InChI is InChI=1S/C9H17NO5/c1-2-5-15-6-8(12)10-4-3-7(11)9(13)14/h7,11H,2-6H2,1H3,(H,10,12)(H,13,14). The molecule has 0 aromatic heterocycles. The van der Waals surface area contributed by atoms with Crippen LogP contribution in [0.15, 0.2) is 0 Å². The molecular formula is C9H17NO5. The lowest BCUT2D eigenvalue weighted by atomic mass is 10.2. The molecule has 0 aliphatic rings. The monoisotopic (exact) mass is 219 g/mol. The number of hydrogen-bond donors (Lipinski definition) is 3. The number of carbonyl (C=O) groups excluding carboxylic acids is 1. The number of carbonyl (C=O) groups is 2. The van der Waals surface area contributed by atoms with Gasteiger partial charge >= 0.3 is 5.97 Å². The summed E-state index contributed by atoms with van der Waals surface area (Å²) in [7, 11) is 0. The van der Waals surface area contributed by atoms with Crippen LogP contribution in [-0.4, -0.2) is 48.0 Å². The average molecular weight is 219 g/mol. The predicted octanol–water partition coefficient (Wildman–Crippen LogP) is -0.635. The second-order valence-corrected chi connectivity index (χ2v) is 3.05. The molecule has 0 aliphatic heterocycles. The Labute approximate surface area is 88.2 Å². The van der Waals surface area contributed by atoms with E-state index in [9.17, 15) is 9.59 Å². The summed E-state index contributed by atoms with van der Waals surface area (Å²) >= 11 is 0. The number of aliphatic hydroxyl groups excluding tert-OH is 1. The third-order valence-electron chi connectivity index (χ3n) is 1.61. The fourth-order valence-corrected chi connectivity index (χ4v) is 0.832. The maximum Gasteiger partial charge on any atom is 0.332 e. The van der Waals surface area contributed by atoms with E-state index in [-0.39, 0.29) is 25.5 Å². The molecule has 0 fully saturated rings. The first kappa shape index (κ1) is 13.9. The summed E-state index contributed by atoms with van der Waals surface area (Å²) in [4.78, 5) is 21.2. The Morgan fingerprint density at radius 2 is 2.13 bits per heavy atom. The van der Waals surface area contributed by atoms with Crippen molar-refractivity contribution in [1.29, 1.82) is 0 Å². The molecule has 0 aromatic rings. The maximum absolute atomic E-state index is 11.0. The van der Waals surface area contributed by atoms with Gasteiger partial charge in [-0.2, -0.15) is 0 Å². The third-order valence-corrected chi connectivity index (χ3v) is 1.61. The highest BCUT2D eigenvalue weighted by atomic mass is 16.5. The minimum absolute atomic E-state index is 0.00511. The molecule has 3 N–H and O–H groups in total. The summed E-state index contributed by atoms with van der Waals surface area (Å²) in [6.07, 6.45) is -0.596. The van der Waals surface area contributed by atoms with E-state index in [1.54, 1.807) is 0 Å². The normalized spacial score (nSPS) is 12.1. The molecule has 6 heteroatoms. The van der Waals surface area contributed by atoms with E-state index >= 15 is 0 Å². The average Bonchev–Trinajstić information content (AvgIpc) is 2.18. The largest absolute Gasteiger partial charge is 0.479 e. The summed E-state index contributed by atoms with van der Waals surface area (Å²) in [6, 6.07) is 0. The minimum Gasteiger partial charge on any atom is -0.479 e. The summed E-state index contributed by atoms with van der Waals surface area (Å²) < 4.78 is 4.96. The quantitative estimate of drug-likeness (QED) is 0.472. The van der Waals surface area contributed by atoms with E-state index in [1.807, 2.05) is 6.92 Å². The Hall–Kier alpha value is -1.14. The van der Waals surface area contributed by atoms with Gasteiger partial charge in [0.2, 0.25) is 5.91 Å². The zero-order valence-electron chi connectivity index (χ0n) is 8.73. The topological polar surface area (TPSA) is 95.9 Å². The Bertz CT molecular complexity index is 207. The first-order valence-corrected chi connectivity index (χ1v) is 4.83. The molecule has 15 heavy (non-hydrogen) atoms. The van der Waals surface area contributed by atoms with E-state index in [0.717, 1.165) is 6.42 Å². The van der Waals surface area contributed by atoms with E-state index in [0.29, 0.717) is 6.61 Å². The van der Waals surface area contributed by atoms with Crippen molar-refractivity contribution in [1.82, 2.24) is 5.32 Å². The fraction of sp³-hybridized carbons (Fsp3) is 0.778. The molecule has 0 heterocycles. The molecule has 1 amide bonds. The van der Waals surface area contributed by atoms with Crippen LogP contribution in [0.5, 0.6) is 0 Å². The van der Waals surface area contributed by atoms with Gasteiger partial charge in [-0.25, -0.2) is 4.79 Å². The molecular weight excluding hydrogens is 202 g/mol. The van der Waals surface area contributed by atoms with Crippen LogP contribution >= 0.6 is 0 Å². The van der Waals surface area contributed by atoms with Crippen LogP contribution in [0.1, 0.15) is 19.8 Å². The zero-order chi connectivity index (χ0) is 11.7. The van der Waals surface area contributed by atoms with Crippen molar-refractivity contribution in [2.75, 3.05) is 19.8 Å². The smallest absolute Gasteiger partial charge is 0.332 e. The maximum atomic E-state index is 11.0. The van der Waals surface area contributed by atoms with Gasteiger partial charge in [0.15, 0.2) is 6.10 Å². The second-order valence-electron chi connectivity index (χ2n) is 3.05. The van der Waals surface area contributed by atoms with Crippen molar-refractivity contribution >= 4 is 11.9 Å². The fourth-order valence-electron chi connectivity index (χ4n) is 0.832. The Morgan fingerprint density at radius 3 is 2.67 bits per heavy atom. The van der Waals surface area contributed by atoms with Crippen LogP contribution in [-0.2, 0) is 14.3 Å². The van der Waals surface area contributed by atoms with E-state index in [2.05, 4.69) is 5.32 Å². The van der Waals surface area contributed by atoms with E-state index < -0.39 is 12.1 Å². The lowest BCUT2D eigenvalue weighted by Gasteiger charge is -2.07. The lowest BCUT2D eigenvalue weighted by Crippen LogP contribution is -2.32. The number of amides is 1. The van der Waals surface area contributed by atoms with Crippen molar-refractivity contribution in [2.45, 2.75) is 25.9 Å². The predicted molar refractivity (Wildman–Crippen MR) is 52.4 cm³/mol. The Morgan fingerprint density at radius 1 is 1.47 bits per heavy atom. The molecule has 1 unspecified atom stereocenters. The number of rotatable bonds is 8.